The van der Waals surface area contributed by atoms with Crippen molar-refractivity contribution in [3.05, 3.63) is 83.8 Å². The number of nitrogens with zero attached hydrogens (tertiary/aromatic N) is 8. The number of hydrogen-bond acceptors (Lipinski definition) is 8. The molecule has 10 heteroatoms. The smallest absolute Gasteiger partial charge is 0.263 e. The molecule has 0 bridgehead atoms. The molecule has 3 heterocycles. The lowest BCUT2D eigenvalue weighted by atomic mass is 10.2. The van der Waals surface area contributed by atoms with Crippen molar-refractivity contribution in [2.24, 2.45) is 0 Å². The minimum Gasteiger partial charge on any atom is -0.357 e. The van der Waals surface area contributed by atoms with E-state index in [1.54, 1.807) is 15.8 Å². The number of benzene rings is 2. The summed E-state index contributed by atoms with van der Waals surface area (Å²) < 4.78 is 1.75. The second kappa shape index (κ2) is 10.8. The van der Waals surface area contributed by atoms with Gasteiger partial charge < -0.3 is 15.1 Å². The van der Waals surface area contributed by atoms with E-state index in [0.717, 1.165) is 23.6 Å². The summed E-state index contributed by atoms with van der Waals surface area (Å²) in [6, 6.07) is 18.1. The maximum atomic E-state index is 13.5. The van der Waals surface area contributed by atoms with Crippen LogP contribution in [0.25, 0.3) is 5.69 Å². The van der Waals surface area contributed by atoms with Gasteiger partial charge in [-0.2, -0.15) is 4.98 Å². The average Bonchev–Trinajstić information content (AvgIpc) is 3.33. The van der Waals surface area contributed by atoms with Crippen LogP contribution in [0.3, 0.4) is 0 Å². The molecule has 1 aliphatic rings. The van der Waals surface area contributed by atoms with Crippen LogP contribution < -0.4 is 15.1 Å². The van der Waals surface area contributed by atoms with Crippen LogP contribution in [0.4, 0.5) is 17.5 Å². The average molecular weight is 498 g/mol. The van der Waals surface area contributed by atoms with Crippen molar-refractivity contribution in [1.82, 2.24) is 29.9 Å². The Hall–Kier alpha value is -4.31. The predicted molar refractivity (Wildman–Crippen MR) is 144 cm³/mol. The van der Waals surface area contributed by atoms with E-state index in [9.17, 15) is 4.79 Å². The Bertz CT molecular complexity index is 1370. The van der Waals surface area contributed by atoms with Gasteiger partial charge in [-0.05, 0) is 37.7 Å². The van der Waals surface area contributed by atoms with Gasteiger partial charge in [-0.1, -0.05) is 41.6 Å². The third-order valence-electron chi connectivity index (χ3n) is 6.27. The largest absolute Gasteiger partial charge is 0.357 e. The third-order valence-corrected chi connectivity index (χ3v) is 6.27. The summed E-state index contributed by atoms with van der Waals surface area (Å²) in [5, 5.41) is 11.8. The first-order chi connectivity index (χ1) is 18.0. The molecule has 5 rings (SSSR count). The predicted octanol–water partition coefficient (Wildman–Crippen LogP) is 3.22. The molecule has 190 valence electrons. The van der Waals surface area contributed by atoms with Crippen molar-refractivity contribution in [2.75, 3.05) is 48.8 Å². The highest BCUT2D eigenvalue weighted by Crippen LogP contribution is 2.27. The summed E-state index contributed by atoms with van der Waals surface area (Å²) in [5.74, 6) is 1.03. The van der Waals surface area contributed by atoms with Crippen LogP contribution >= 0.6 is 0 Å². The molecule has 0 fully saturated rings. The fourth-order valence-electron chi connectivity index (χ4n) is 4.44. The number of likely N-dealkylation sites (N-methyl/N-ethyl adjacent to an activating group) is 1. The number of amides is 1. The molecule has 2 aromatic heterocycles. The molecule has 2 aromatic carbocycles. The first-order valence-corrected chi connectivity index (χ1v) is 12.4. The second-order valence-electron chi connectivity index (χ2n) is 9.17. The molecule has 0 atom stereocenters. The number of rotatable bonds is 8. The highest BCUT2D eigenvalue weighted by molar-refractivity contribution is 6.09. The molecule has 1 amide bonds. The zero-order valence-corrected chi connectivity index (χ0v) is 21.4. The van der Waals surface area contributed by atoms with Crippen molar-refractivity contribution in [2.45, 2.75) is 20.0 Å². The number of anilines is 3. The standard InChI is InChI=1S/C27H31N9O/c1-4-28-27-29-16-24-25(30-27)34(3)13-14-35(26(24)37)22-11-8-12-23(15-22)36-19-21(31-32-36)18-33(2)17-20-9-6-5-7-10-20/h5-12,15-16,19H,4,13-14,17-18H2,1-3H3,(H,28,29,30). The summed E-state index contributed by atoms with van der Waals surface area (Å²) in [5.41, 5.74) is 4.24. The van der Waals surface area contributed by atoms with Crippen LogP contribution in [0, 0.1) is 0 Å². The highest BCUT2D eigenvalue weighted by atomic mass is 16.2. The second-order valence-corrected chi connectivity index (χ2v) is 9.17. The first-order valence-electron chi connectivity index (χ1n) is 12.4. The van der Waals surface area contributed by atoms with Gasteiger partial charge in [0.2, 0.25) is 5.95 Å². The number of carbonyl (C=O) groups excluding carboxylic acids is 1. The Morgan fingerprint density at radius 3 is 2.65 bits per heavy atom. The van der Waals surface area contributed by atoms with E-state index in [-0.39, 0.29) is 5.91 Å². The van der Waals surface area contributed by atoms with Gasteiger partial charge in [-0.15, -0.1) is 5.10 Å². The van der Waals surface area contributed by atoms with E-state index in [0.29, 0.717) is 43.5 Å². The Kier molecular flexibility index (Phi) is 7.09. The summed E-state index contributed by atoms with van der Waals surface area (Å²) in [6.45, 7) is 5.38. The van der Waals surface area contributed by atoms with Gasteiger partial charge in [-0.25, -0.2) is 9.67 Å². The maximum Gasteiger partial charge on any atom is 0.263 e. The van der Waals surface area contributed by atoms with Gasteiger partial charge >= 0.3 is 0 Å². The summed E-state index contributed by atoms with van der Waals surface area (Å²) >= 11 is 0. The molecule has 0 aliphatic carbocycles. The molecule has 1 N–H and O–H groups in total. The van der Waals surface area contributed by atoms with Crippen LogP contribution in [0.5, 0.6) is 0 Å². The zero-order chi connectivity index (χ0) is 25.8. The molecule has 37 heavy (non-hydrogen) atoms. The molecule has 4 aromatic rings. The number of fused-ring (bicyclic) bond motifs is 1. The molecule has 0 saturated carbocycles. The first kappa shape index (κ1) is 24.4. The van der Waals surface area contributed by atoms with Crippen LogP contribution in [0.15, 0.2) is 67.0 Å². The SMILES string of the molecule is CCNc1ncc2c(n1)N(C)CCN(c1cccc(-n3cc(CN(C)Cc4ccccc4)nn3)c1)C2=O. The molecule has 1 aliphatic heterocycles. The van der Waals surface area contributed by atoms with Crippen molar-refractivity contribution in [1.29, 1.82) is 0 Å². The van der Waals surface area contributed by atoms with E-state index in [2.05, 4.69) is 49.7 Å². The van der Waals surface area contributed by atoms with Crippen LogP contribution in [-0.2, 0) is 13.1 Å². The molecule has 0 unspecified atom stereocenters. The van der Waals surface area contributed by atoms with E-state index in [4.69, 9.17) is 0 Å². The number of nitrogens with one attached hydrogen (secondary N) is 1. The fraction of sp³-hybridized carbons (Fsp3) is 0.296. The van der Waals surface area contributed by atoms with Gasteiger partial charge in [0.25, 0.3) is 5.91 Å². The summed E-state index contributed by atoms with van der Waals surface area (Å²) in [4.78, 5) is 28.4. The number of aromatic nitrogens is 5. The van der Waals surface area contributed by atoms with Crippen molar-refractivity contribution in [3.63, 3.8) is 0 Å². The normalized spacial score (nSPS) is 13.6. The van der Waals surface area contributed by atoms with E-state index in [1.807, 2.05) is 67.5 Å². The molecule has 0 radical (unpaired) electrons. The van der Waals surface area contributed by atoms with E-state index in [1.165, 1.54) is 5.56 Å². The van der Waals surface area contributed by atoms with Crippen molar-refractivity contribution in [3.8, 4) is 5.69 Å². The summed E-state index contributed by atoms with van der Waals surface area (Å²) in [7, 11) is 4.01. The molecule has 10 nitrogen and oxygen atoms in total. The van der Waals surface area contributed by atoms with Crippen molar-refractivity contribution < 1.29 is 4.79 Å². The van der Waals surface area contributed by atoms with Crippen LogP contribution in [-0.4, -0.2) is 69.5 Å². The fourth-order valence-corrected chi connectivity index (χ4v) is 4.44. The zero-order valence-electron chi connectivity index (χ0n) is 21.4. The van der Waals surface area contributed by atoms with E-state index >= 15 is 0 Å². The Labute approximate surface area is 216 Å². The van der Waals surface area contributed by atoms with Gasteiger partial charge in [0.15, 0.2) is 0 Å². The Balaban J connectivity index is 1.34. The van der Waals surface area contributed by atoms with E-state index < -0.39 is 0 Å². The molecular weight excluding hydrogens is 466 g/mol. The van der Waals surface area contributed by atoms with Crippen LogP contribution in [0.1, 0.15) is 28.5 Å². The Morgan fingerprint density at radius 2 is 1.84 bits per heavy atom. The maximum absolute atomic E-state index is 13.5. The van der Waals surface area contributed by atoms with Crippen molar-refractivity contribution >= 4 is 23.4 Å². The summed E-state index contributed by atoms with van der Waals surface area (Å²) in [6.07, 6.45) is 3.54. The monoisotopic (exact) mass is 497 g/mol. The number of carbonyl (C=O) groups is 1. The van der Waals surface area contributed by atoms with Gasteiger partial charge in [-0.3, -0.25) is 9.69 Å². The third kappa shape index (κ3) is 5.44. The van der Waals surface area contributed by atoms with Gasteiger partial charge in [0.1, 0.15) is 11.4 Å². The Morgan fingerprint density at radius 1 is 1.03 bits per heavy atom. The highest BCUT2D eigenvalue weighted by Gasteiger charge is 2.28. The van der Waals surface area contributed by atoms with Crippen LogP contribution in [0.2, 0.25) is 0 Å². The minimum absolute atomic E-state index is 0.124. The quantitative estimate of drug-likeness (QED) is 0.397. The molecular formula is C27H31N9O. The van der Waals surface area contributed by atoms with Gasteiger partial charge in [0, 0.05) is 51.7 Å². The number of hydrogen-bond donors (Lipinski definition) is 1. The van der Waals surface area contributed by atoms with Gasteiger partial charge in [0.05, 0.1) is 17.6 Å². The lowest BCUT2D eigenvalue weighted by molar-refractivity contribution is 0.0989. The minimum atomic E-state index is -0.124. The lowest BCUT2D eigenvalue weighted by Gasteiger charge is -2.21. The molecule has 0 saturated heterocycles. The molecule has 0 spiro atoms. The lowest BCUT2D eigenvalue weighted by Crippen LogP contribution is -2.33. The topological polar surface area (TPSA) is 95.3 Å².